The lowest BCUT2D eigenvalue weighted by Crippen LogP contribution is -2.29. The number of ether oxygens (including phenoxy) is 1. The van der Waals surface area contributed by atoms with E-state index in [1.54, 1.807) is 41.3 Å². The Balaban J connectivity index is 1.88. The van der Waals surface area contributed by atoms with E-state index in [1.165, 1.54) is 0 Å². The van der Waals surface area contributed by atoms with Crippen molar-refractivity contribution in [3.05, 3.63) is 42.0 Å². The number of hydrogen-bond donors (Lipinski definition) is 2. The largest absolute Gasteiger partial charge is 0.484 e. The fourth-order valence-electron chi connectivity index (χ4n) is 2.73. The summed E-state index contributed by atoms with van der Waals surface area (Å²) in [6, 6.07) is 10.9. The number of fused-ring (bicyclic) bond motifs is 3. The predicted octanol–water partition coefficient (Wildman–Crippen LogP) is 5.47. The Morgan fingerprint density at radius 1 is 1.07 bits per heavy atom. The molecule has 1 atom stereocenters. The summed E-state index contributed by atoms with van der Waals surface area (Å²) in [7, 11) is 0. The minimum atomic E-state index is -4.36. The second kappa shape index (κ2) is 8.10. The molecule has 1 heterocycles. The third-order valence-electron chi connectivity index (χ3n) is 4.44. The van der Waals surface area contributed by atoms with Crippen LogP contribution in [0.3, 0.4) is 0 Å². The molecule has 3 rings (SSSR count). The molecular formula is C20H23F3N2OS2. The normalized spacial score (nSPS) is 14.0. The number of halogens is 3. The van der Waals surface area contributed by atoms with Gasteiger partial charge < -0.3 is 16.2 Å². The van der Waals surface area contributed by atoms with E-state index >= 15 is 0 Å². The van der Waals surface area contributed by atoms with Gasteiger partial charge in [0.15, 0.2) is 6.61 Å². The highest BCUT2D eigenvalue weighted by Gasteiger charge is 2.28. The summed E-state index contributed by atoms with van der Waals surface area (Å²) in [6.45, 7) is 3.44. The van der Waals surface area contributed by atoms with Crippen LogP contribution in [0, 0.1) is 0 Å². The summed E-state index contributed by atoms with van der Waals surface area (Å²) in [5.41, 5.74) is 13.1. The van der Waals surface area contributed by atoms with Gasteiger partial charge in [-0.3, -0.25) is 0 Å². The van der Waals surface area contributed by atoms with Gasteiger partial charge in [-0.25, -0.2) is 0 Å². The molecule has 0 aliphatic carbocycles. The Kier molecular flexibility index (Phi) is 6.14. The number of benzene rings is 2. The first-order valence-electron chi connectivity index (χ1n) is 8.83. The molecule has 0 spiro atoms. The van der Waals surface area contributed by atoms with Crippen molar-refractivity contribution in [2.24, 2.45) is 11.5 Å². The summed E-state index contributed by atoms with van der Waals surface area (Å²) in [4.78, 5) is 0. The number of alkyl halides is 3. The number of thioether (sulfide) groups is 1. The fourth-order valence-corrected chi connectivity index (χ4v) is 4.74. The molecule has 3 nitrogen and oxygen atoms in total. The first-order chi connectivity index (χ1) is 13.1. The predicted molar refractivity (Wildman–Crippen MR) is 113 cm³/mol. The molecule has 1 unspecified atom stereocenters. The number of thiophene rings is 1. The third-order valence-corrected chi connectivity index (χ3v) is 7.07. The highest BCUT2D eigenvalue weighted by atomic mass is 32.2. The maximum atomic E-state index is 12.4. The van der Waals surface area contributed by atoms with E-state index in [0.717, 1.165) is 31.5 Å². The van der Waals surface area contributed by atoms with E-state index in [-0.39, 0.29) is 16.5 Å². The van der Waals surface area contributed by atoms with E-state index in [0.29, 0.717) is 6.54 Å². The molecule has 1 aromatic heterocycles. The highest BCUT2D eigenvalue weighted by Crippen LogP contribution is 2.38. The summed E-state index contributed by atoms with van der Waals surface area (Å²) in [5.74, 6) is 0.942. The second-order valence-corrected chi connectivity index (χ2v) is 10.1. The van der Waals surface area contributed by atoms with E-state index in [9.17, 15) is 13.2 Å². The molecule has 0 aliphatic heterocycles. The van der Waals surface area contributed by atoms with E-state index in [4.69, 9.17) is 16.2 Å². The molecule has 4 N–H and O–H groups in total. The van der Waals surface area contributed by atoms with Gasteiger partial charge in [-0.2, -0.15) is 24.9 Å². The summed E-state index contributed by atoms with van der Waals surface area (Å²) in [5, 5.41) is 1.86. The lowest BCUT2D eigenvalue weighted by atomic mass is 10.1. The van der Waals surface area contributed by atoms with Crippen LogP contribution in [0.15, 0.2) is 36.4 Å². The molecule has 0 fully saturated rings. The van der Waals surface area contributed by atoms with Crippen LogP contribution >= 0.6 is 23.1 Å². The monoisotopic (exact) mass is 428 g/mol. The van der Waals surface area contributed by atoms with Gasteiger partial charge >= 0.3 is 6.18 Å². The van der Waals surface area contributed by atoms with Gasteiger partial charge in [0.25, 0.3) is 0 Å². The van der Waals surface area contributed by atoms with Crippen LogP contribution in [0.5, 0.6) is 5.75 Å². The average Bonchev–Trinajstić information content (AvgIpc) is 3.01. The average molecular weight is 429 g/mol. The molecule has 0 bridgehead atoms. The standard InChI is InChI=1S/C20H23F3N2OS2/c1-19(2,10-24)27-9-16(25)12-3-5-17-14(7-12)15-8-13(4-6-18(15)28-17)26-11-20(21,22)23/h3-8,16H,9-11,24-25H2,1-2H3. The van der Waals surface area contributed by atoms with Crippen molar-refractivity contribution in [2.45, 2.75) is 30.8 Å². The molecule has 28 heavy (non-hydrogen) atoms. The van der Waals surface area contributed by atoms with E-state index in [2.05, 4.69) is 13.8 Å². The first kappa shape index (κ1) is 21.2. The van der Waals surface area contributed by atoms with Crippen LogP contribution < -0.4 is 16.2 Å². The molecule has 0 radical (unpaired) electrons. The number of nitrogens with two attached hydrogens (primary N) is 2. The molecule has 0 saturated carbocycles. The van der Waals surface area contributed by atoms with Gasteiger partial charge in [-0.05, 0) is 49.7 Å². The van der Waals surface area contributed by atoms with Crippen molar-refractivity contribution in [2.75, 3.05) is 18.9 Å². The van der Waals surface area contributed by atoms with Gasteiger partial charge in [-0.1, -0.05) is 6.07 Å². The quantitative estimate of drug-likeness (QED) is 0.524. The van der Waals surface area contributed by atoms with Gasteiger partial charge in [0.1, 0.15) is 5.75 Å². The van der Waals surface area contributed by atoms with Crippen LogP contribution in [0.2, 0.25) is 0 Å². The maximum absolute atomic E-state index is 12.4. The van der Waals surface area contributed by atoms with Gasteiger partial charge in [0, 0.05) is 43.3 Å². The Morgan fingerprint density at radius 3 is 2.36 bits per heavy atom. The zero-order valence-electron chi connectivity index (χ0n) is 15.7. The smallest absolute Gasteiger partial charge is 0.422 e. The molecule has 8 heteroatoms. The third kappa shape index (κ3) is 5.11. The second-order valence-electron chi connectivity index (χ2n) is 7.30. The van der Waals surface area contributed by atoms with Crippen molar-refractivity contribution in [1.29, 1.82) is 0 Å². The molecule has 0 saturated heterocycles. The van der Waals surface area contributed by atoms with Crippen molar-refractivity contribution >= 4 is 43.3 Å². The summed E-state index contributed by atoms with van der Waals surface area (Å²) < 4.78 is 44.2. The van der Waals surface area contributed by atoms with Crippen molar-refractivity contribution in [1.82, 2.24) is 0 Å². The Labute approximate surface area is 170 Å². The van der Waals surface area contributed by atoms with Gasteiger partial charge in [0.2, 0.25) is 0 Å². The molecule has 2 aromatic carbocycles. The number of hydrogen-bond acceptors (Lipinski definition) is 5. The Hall–Kier alpha value is -1.48. The minimum absolute atomic E-state index is 0.0402. The molecule has 3 aromatic rings. The zero-order chi connectivity index (χ0) is 20.5. The molecular weight excluding hydrogens is 405 g/mol. The summed E-state index contributed by atoms with van der Waals surface area (Å²) >= 11 is 3.33. The van der Waals surface area contributed by atoms with Crippen molar-refractivity contribution < 1.29 is 17.9 Å². The van der Waals surface area contributed by atoms with Crippen LogP contribution in [-0.2, 0) is 0 Å². The molecule has 0 aliphatic rings. The Morgan fingerprint density at radius 2 is 1.71 bits per heavy atom. The first-order valence-corrected chi connectivity index (χ1v) is 10.6. The van der Waals surface area contributed by atoms with Crippen molar-refractivity contribution in [3.8, 4) is 5.75 Å². The molecule has 152 valence electrons. The SMILES string of the molecule is CC(C)(CN)SCC(N)c1ccc2sc3ccc(OCC(F)(F)F)cc3c2c1. The summed E-state index contributed by atoms with van der Waals surface area (Å²) in [6.07, 6.45) is -4.36. The zero-order valence-corrected chi connectivity index (χ0v) is 17.3. The van der Waals surface area contributed by atoms with E-state index < -0.39 is 12.8 Å². The van der Waals surface area contributed by atoms with E-state index in [1.807, 2.05) is 18.2 Å². The minimum Gasteiger partial charge on any atom is -0.484 e. The van der Waals surface area contributed by atoms with Crippen molar-refractivity contribution in [3.63, 3.8) is 0 Å². The number of rotatable bonds is 7. The Bertz CT molecular complexity index is 969. The highest BCUT2D eigenvalue weighted by molar-refractivity contribution is 8.00. The lowest BCUT2D eigenvalue weighted by Gasteiger charge is -2.24. The lowest BCUT2D eigenvalue weighted by molar-refractivity contribution is -0.153. The van der Waals surface area contributed by atoms with Gasteiger partial charge in [0.05, 0.1) is 0 Å². The topological polar surface area (TPSA) is 61.3 Å². The molecule has 0 amide bonds. The fraction of sp³-hybridized carbons (Fsp3) is 0.400. The van der Waals surface area contributed by atoms with Crippen LogP contribution in [0.4, 0.5) is 13.2 Å². The van der Waals surface area contributed by atoms with Crippen LogP contribution in [-0.4, -0.2) is 29.8 Å². The van der Waals surface area contributed by atoms with Gasteiger partial charge in [-0.15, -0.1) is 11.3 Å². The maximum Gasteiger partial charge on any atom is 0.422 e. The van der Waals surface area contributed by atoms with Crippen LogP contribution in [0.25, 0.3) is 20.2 Å². The van der Waals surface area contributed by atoms with Crippen LogP contribution in [0.1, 0.15) is 25.5 Å².